The summed E-state index contributed by atoms with van der Waals surface area (Å²) >= 11 is 0. The van der Waals surface area contributed by atoms with Crippen LogP contribution in [0.15, 0.2) is 18.5 Å². The molecule has 7 nitrogen and oxygen atoms in total. The Labute approximate surface area is 167 Å². The summed E-state index contributed by atoms with van der Waals surface area (Å²) < 4.78 is 3.92. The topological polar surface area (TPSA) is 68.0 Å². The van der Waals surface area contributed by atoms with Crippen molar-refractivity contribution in [3.05, 3.63) is 35.4 Å². The van der Waals surface area contributed by atoms with Gasteiger partial charge in [0.1, 0.15) is 0 Å². The Kier molecular flexibility index (Phi) is 6.10. The lowest BCUT2D eigenvalue weighted by Crippen LogP contribution is -2.36. The molecule has 0 unspecified atom stereocenters. The number of aromatic nitrogens is 4. The second kappa shape index (κ2) is 8.90. The van der Waals surface area contributed by atoms with Crippen molar-refractivity contribution < 1.29 is 4.79 Å². The maximum absolute atomic E-state index is 12.2. The zero-order chi connectivity index (χ0) is 19.3. The Bertz CT molecular complexity index is 789. The molecule has 1 amide bonds. The van der Waals surface area contributed by atoms with Crippen LogP contribution in [0.25, 0.3) is 0 Å². The normalized spacial score (nSPS) is 18.6. The van der Waals surface area contributed by atoms with E-state index in [-0.39, 0.29) is 5.91 Å². The highest BCUT2D eigenvalue weighted by Gasteiger charge is 2.24. The first kappa shape index (κ1) is 19.2. The van der Waals surface area contributed by atoms with Crippen molar-refractivity contribution in [2.45, 2.75) is 77.0 Å². The van der Waals surface area contributed by atoms with Gasteiger partial charge >= 0.3 is 0 Å². The van der Waals surface area contributed by atoms with Crippen molar-refractivity contribution in [1.82, 2.24) is 29.8 Å². The molecule has 0 saturated heterocycles. The van der Waals surface area contributed by atoms with Gasteiger partial charge in [-0.2, -0.15) is 10.2 Å². The Hall–Kier alpha value is -2.15. The lowest BCUT2D eigenvalue weighted by Gasteiger charge is -2.33. The molecule has 3 heterocycles. The summed E-state index contributed by atoms with van der Waals surface area (Å²) in [6.07, 6.45) is 12.9. The van der Waals surface area contributed by atoms with Gasteiger partial charge in [-0.05, 0) is 37.3 Å². The van der Waals surface area contributed by atoms with Gasteiger partial charge in [-0.25, -0.2) is 0 Å². The van der Waals surface area contributed by atoms with Crippen LogP contribution in [0.3, 0.4) is 0 Å². The summed E-state index contributed by atoms with van der Waals surface area (Å²) in [6.45, 7) is 3.66. The molecule has 28 heavy (non-hydrogen) atoms. The van der Waals surface area contributed by atoms with Crippen molar-refractivity contribution in [1.29, 1.82) is 0 Å². The van der Waals surface area contributed by atoms with Crippen molar-refractivity contribution >= 4 is 5.91 Å². The van der Waals surface area contributed by atoms with Gasteiger partial charge in [-0.1, -0.05) is 19.3 Å². The number of fused-ring (bicyclic) bond motifs is 1. The molecule has 1 aliphatic carbocycles. The van der Waals surface area contributed by atoms with Crippen LogP contribution in [0.1, 0.15) is 61.9 Å². The summed E-state index contributed by atoms with van der Waals surface area (Å²) in [6, 6.07) is 2.92. The first-order chi connectivity index (χ1) is 13.7. The third kappa shape index (κ3) is 4.82. The molecule has 0 aromatic carbocycles. The van der Waals surface area contributed by atoms with Gasteiger partial charge < -0.3 is 5.32 Å². The maximum atomic E-state index is 12.2. The van der Waals surface area contributed by atoms with Gasteiger partial charge in [0.15, 0.2) is 0 Å². The van der Waals surface area contributed by atoms with Crippen LogP contribution < -0.4 is 5.32 Å². The fourth-order valence-electron chi connectivity index (χ4n) is 4.53. The van der Waals surface area contributed by atoms with Crippen molar-refractivity contribution in [2.24, 2.45) is 7.05 Å². The minimum atomic E-state index is 0.0656. The molecular weight excluding hydrogens is 352 g/mol. The largest absolute Gasteiger partial charge is 0.350 e. The molecule has 2 aromatic heterocycles. The van der Waals surface area contributed by atoms with E-state index in [1.807, 2.05) is 19.4 Å². The molecule has 0 spiro atoms. The van der Waals surface area contributed by atoms with E-state index in [1.165, 1.54) is 44.3 Å². The van der Waals surface area contributed by atoms with Crippen LogP contribution in [0, 0.1) is 0 Å². The van der Waals surface area contributed by atoms with E-state index in [0.717, 1.165) is 43.2 Å². The van der Waals surface area contributed by atoms with Crippen molar-refractivity contribution in [3.8, 4) is 0 Å². The molecule has 4 rings (SSSR count). The summed E-state index contributed by atoms with van der Waals surface area (Å²) in [5, 5.41) is 11.9. The number of nitrogens with zero attached hydrogens (tertiary/aromatic N) is 5. The lowest BCUT2D eigenvalue weighted by molar-refractivity contribution is -0.121. The maximum Gasteiger partial charge on any atom is 0.220 e. The number of carbonyl (C=O) groups excluding carboxylic acids is 1. The molecule has 1 saturated carbocycles. The summed E-state index contributed by atoms with van der Waals surface area (Å²) in [5.41, 5.74) is 3.35. The second-order valence-electron chi connectivity index (χ2n) is 8.27. The van der Waals surface area contributed by atoms with E-state index >= 15 is 0 Å². The zero-order valence-electron chi connectivity index (χ0n) is 16.9. The van der Waals surface area contributed by atoms with E-state index in [9.17, 15) is 4.79 Å². The third-order valence-electron chi connectivity index (χ3n) is 6.05. The first-order valence-corrected chi connectivity index (χ1v) is 10.7. The smallest absolute Gasteiger partial charge is 0.220 e. The van der Waals surface area contributed by atoms with Crippen LogP contribution in [-0.2, 0) is 37.9 Å². The van der Waals surface area contributed by atoms with Crippen LogP contribution in [0.2, 0.25) is 0 Å². The average Bonchev–Trinajstić information content (AvgIpc) is 3.25. The first-order valence-electron chi connectivity index (χ1n) is 10.7. The molecule has 152 valence electrons. The van der Waals surface area contributed by atoms with E-state index < -0.39 is 0 Å². The Morgan fingerprint density at radius 3 is 2.86 bits per heavy atom. The minimum absolute atomic E-state index is 0.0656. The molecule has 2 aromatic rings. The number of rotatable bonds is 6. The number of hydrogen-bond donors (Lipinski definition) is 1. The predicted octanol–water partition coefficient (Wildman–Crippen LogP) is 2.40. The van der Waals surface area contributed by atoms with Gasteiger partial charge in [-0.3, -0.25) is 19.1 Å². The Morgan fingerprint density at radius 2 is 2.07 bits per heavy atom. The average molecular weight is 385 g/mol. The Morgan fingerprint density at radius 1 is 1.21 bits per heavy atom. The highest BCUT2D eigenvalue weighted by molar-refractivity contribution is 5.76. The standard InChI is InChI=1S/C21H32N6O/c1-25-15-17(13-23-25)8-9-21(28)22-14-18-12-20-16-26(10-5-11-27(20)24-18)19-6-3-2-4-7-19/h12-13,15,19H,2-11,14,16H2,1H3,(H,22,28). The number of aryl methyl sites for hydroxylation is 3. The van der Waals surface area contributed by atoms with Gasteiger partial charge in [0.25, 0.3) is 0 Å². The van der Waals surface area contributed by atoms with Crippen LogP contribution in [0.4, 0.5) is 0 Å². The van der Waals surface area contributed by atoms with Crippen LogP contribution >= 0.6 is 0 Å². The molecule has 1 N–H and O–H groups in total. The Balaban J connectivity index is 1.28. The molecule has 0 bridgehead atoms. The monoisotopic (exact) mass is 384 g/mol. The van der Waals surface area contributed by atoms with E-state index in [4.69, 9.17) is 5.10 Å². The second-order valence-corrected chi connectivity index (χ2v) is 8.27. The highest BCUT2D eigenvalue weighted by Crippen LogP contribution is 2.26. The van der Waals surface area contributed by atoms with Crippen molar-refractivity contribution in [3.63, 3.8) is 0 Å². The van der Waals surface area contributed by atoms with E-state index in [2.05, 4.69) is 26.1 Å². The quantitative estimate of drug-likeness (QED) is 0.830. The number of nitrogens with one attached hydrogen (secondary N) is 1. The van der Waals surface area contributed by atoms with E-state index in [0.29, 0.717) is 13.0 Å². The van der Waals surface area contributed by atoms with Gasteiger partial charge in [-0.15, -0.1) is 0 Å². The number of carbonyl (C=O) groups is 1. The highest BCUT2D eigenvalue weighted by atomic mass is 16.1. The fourth-order valence-corrected chi connectivity index (χ4v) is 4.53. The summed E-state index contributed by atoms with van der Waals surface area (Å²) in [4.78, 5) is 14.8. The predicted molar refractivity (Wildman–Crippen MR) is 108 cm³/mol. The molecular formula is C21H32N6O. The van der Waals surface area contributed by atoms with Gasteiger partial charge in [0, 0.05) is 45.3 Å². The fraction of sp³-hybridized carbons (Fsp3) is 0.667. The summed E-state index contributed by atoms with van der Waals surface area (Å²) in [5.74, 6) is 0.0656. The van der Waals surface area contributed by atoms with Crippen LogP contribution in [-0.4, -0.2) is 43.0 Å². The molecule has 7 heteroatoms. The molecule has 2 aliphatic rings. The number of hydrogen-bond acceptors (Lipinski definition) is 4. The molecule has 1 fully saturated rings. The number of amides is 1. The van der Waals surface area contributed by atoms with Crippen LogP contribution in [0.5, 0.6) is 0 Å². The zero-order valence-corrected chi connectivity index (χ0v) is 16.9. The van der Waals surface area contributed by atoms with Gasteiger partial charge in [0.2, 0.25) is 5.91 Å². The minimum Gasteiger partial charge on any atom is -0.350 e. The van der Waals surface area contributed by atoms with Gasteiger partial charge in [0.05, 0.1) is 24.1 Å². The SMILES string of the molecule is Cn1cc(CCC(=O)NCc2cc3n(n2)CCCN(C2CCCCC2)C3)cn1. The third-order valence-corrected chi connectivity index (χ3v) is 6.05. The molecule has 0 atom stereocenters. The molecule has 1 aliphatic heterocycles. The summed E-state index contributed by atoms with van der Waals surface area (Å²) in [7, 11) is 1.89. The van der Waals surface area contributed by atoms with E-state index in [1.54, 1.807) is 4.68 Å². The lowest BCUT2D eigenvalue weighted by atomic mass is 9.94. The molecule has 0 radical (unpaired) electrons. The van der Waals surface area contributed by atoms with Crippen molar-refractivity contribution in [2.75, 3.05) is 6.54 Å².